The van der Waals surface area contributed by atoms with Crippen LogP contribution in [0.15, 0.2) is 22.6 Å². The number of methoxy groups -OCH3 is 1. The summed E-state index contributed by atoms with van der Waals surface area (Å²) < 4.78 is 4.71. The molecule has 4 atom stereocenters. The molecular weight excluding hydrogens is 342 g/mol. The number of nitrogens with one attached hydrogen (secondary N) is 1. The number of carbonyl (C=O) groups is 3. The average molecular weight is 363 g/mol. The molecular formula is C18H21NO5S. The van der Waals surface area contributed by atoms with E-state index in [-0.39, 0.29) is 17.7 Å². The van der Waals surface area contributed by atoms with Gasteiger partial charge in [0.2, 0.25) is 5.91 Å². The Bertz CT molecular complexity index is 761. The third kappa shape index (κ3) is 2.86. The number of hydrogen-bond donors (Lipinski definition) is 2. The number of allylic oxidation sites excluding steroid dienone is 2. The summed E-state index contributed by atoms with van der Waals surface area (Å²) >= 11 is 1.22. The summed E-state index contributed by atoms with van der Waals surface area (Å²) in [6, 6.07) is 1.59. The Labute approximate surface area is 149 Å². The molecule has 0 saturated heterocycles. The molecule has 2 N–H and O–H groups in total. The van der Waals surface area contributed by atoms with Crippen molar-refractivity contribution in [2.75, 3.05) is 12.4 Å². The van der Waals surface area contributed by atoms with Crippen LogP contribution < -0.4 is 5.32 Å². The standard InChI is InChI=1S/C18H21NO5S/c1-8(2)12-9-4-5-10(12)14(17(21)22)13(9)15(20)19-16-11(6-7-25-16)18(23)24-3/h6-7,9-10,13-14H,4-5H2,1-3H3,(H,19,20)(H,21,22)/t9-,10-,13-,14+/m0/s1. The molecule has 0 unspecified atom stereocenters. The van der Waals surface area contributed by atoms with Gasteiger partial charge in [0.25, 0.3) is 0 Å². The maximum atomic E-state index is 12.9. The number of carboxylic acid groups (broad SMARTS) is 1. The Morgan fingerprint density at radius 3 is 2.40 bits per heavy atom. The zero-order valence-electron chi connectivity index (χ0n) is 14.4. The van der Waals surface area contributed by atoms with E-state index in [0.29, 0.717) is 10.6 Å². The van der Waals surface area contributed by atoms with Gasteiger partial charge in [-0.1, -0.05) is 11.1 Å². The fraction of sp³-hybridized carbons (Fsp3) is 0.500. The number of amides is 1. The van der Waals surface area contributed by atoms with Crippen LogP contribution in [0.25, 0.3) is 0 Å². The molecule has 2 bridgehead atoms. The summed E-state index contributed by atoms with van der Waals surface area (Å²) in [5.41, 5.74) is 2.53. The average Bonchev–Trinajstić information content (AvgIpc) is 3.26. The number of fused-ring (bicyclic) bond motifs is 2. The van der Waals surface area contributed by atoms with Crippen molar-refractivity contribution in [2.24, 2.45) is 23.7 Å². The highest BCUT2D eigenvalue weighted by atomic mass is 32.1. The molecule has 0 aromatic carbocycles. The molecule has 1 heterocycles. The van der Waals surface area contributed by atoms with Gasteiger partial charge in [-0.15, -0.1) is 11.3 Å². The molecule has 134 valence electrons. The van der Waals surface area contributed by atoms with Crippen LogP contribution >= 0.6 is 11.3 Å². The summed E-state index contributed by atoms with van der Waals surface area (Å²) in [6.07, 6.45) is 1.65. The number of carbonyl (C=O) groups excluding carboxylic acids is 2. The maximum Gasteiger partial charge on any atom is 0.340 e. The molecule has 1 amide bonds. The predicted molar refractivity (Wildman–Crippen MR) is 93.5 cm³/mol. The fourth-order valence-electron chi connectivity index (χ4n) is 4.48. The molecule has 0 spiro atoms. The lowest BCUT2D eigenvalue weighted by atomic mass is 9.79. The van der Waals surface area contributed by atoms with Gasteiger partial charge >= 0.3 is 11.9 Å². The third-order valence-electron chi connectivity index (χ3n) is 5.31. The molecule has 0 radical (unpaired) electrons. The zero-order valence-corrected chi connectivity index (χ0v) is 15.2. The van der Waals surface area contributed by atoms with Crippen LogP contribution in [-0.2, 0) is 14.3 Å². The van der Waals surface area contributed by atoms with Crippen molar-refractivity contribution in [3.05, 3.63) is 28.2 Å². The number of esters is 1. The second-order valence-electron chi connectivity index (χ2n) is 6.78. The number of anilines is 1. The summed E-state index contributed by atoms with van der Waals surface area (Å²) in [6.45, 7) is 3.96. The quantitative estimate of drug-likeness (QED) is 0.633. The van der Waals surface area contributed by atoms with E-state index < -0.39 is 23.8 Å². The second kappa shape index (κ2) is 6.63. The van der Waals surface area contributed by atoms with Crippen molar-refractivity contribution in [1.82, 2.24) is 0 Å². The molecule has 1 aromatic heterocycles. The lowest BCUT2D eigenvalue weighted by Crippen LogP contribution is -2.37. The molecule has 2 fully saturated rings. The number of hydrogen-bond acceptors (Lipinski definition) is 5. The first-order valence-corrected chi connectivity index (χ1v) is 9.11. The van der Waals surface area contributed by atoms with Gasteiger partial charge in [0.05, 0.1) is 24.5 Å². The number of rotatable bonds is 4. The Kier molecular flexibility index (Phi) is 4.69. The first kappa shape index (κ1) is 17.7. The molecule has 7 heteroatoms. The molecule has 1 aromatic rings. The van der Waals surface area contributed by atoms with Crippen molar-refractivity contribution >= 4 is 34.2 Å². The van der Waals surface area contributed by atoms with Crippen LogP contribution in [0.5, 0.6) is 0 Å². The predicted octanol–water partition coefficient (Wildman–Crippen LogP) is 3.17. The molecule has 2 saturated carbocycles. The molecule has 6 nitrogen and oxygen atoms in total. The maximum absolute atomic E-state index is 12.9. The van der Waals surface area contributed by atoms with Crippen LogP contribution in [-0.4, -0.2) is 30.1 Å². The monoisotopic (exact) mass is 363 g/mol. The van der Waals surface area contributed by atoms with Crippen molar-refractivity contribution in [1.29, 1.82) is 0 Å². The van der Waals surface area contributed by atoms with Crippen LogP contribution in [0.4, 0.5) is 5.00 Å². The number of thiophene rings is 1. The summed E-state index contributed by atoms with van der Waals surface area (Å²) in [5, 5.41) is 14.6. The van der Waals surface area contributed by atoms with Crippen molar-refractivity contribution in [3.8, 4) is 0 Å². The Morgan fingerprint density at radius 2 is 1.84 bits per heavy atom. The van der Waals surface area contributed by atoms with E-state index in [1.807, 2.05) is 13.8 Å². The SMILES string of the molecule is COC(=O)c1ccsc1NC(=O)[C@@H]1[C@H](C(=O)O)[C@H]2CC[C@H]1C2=C(C)C. The van der Waals surface area contributed by atoms with Crippen molar-refractivity contribution in [2.45, 2.75) is 26.7 Å². The first-order chi connectivity index (χ1) is 11.9. The minimum Gasteiger partial charge on any atom is -0.481 e. The van der Waals surface area contributed by atoms with E-state index in [0.717, 1.165) is 24.0 Å². The zero-order chi connectivity index (χ0) is 18.3. The fourth-order valence-corrected chi connectivity index (χ4v) is 5.25. The molecule has 3 rings (SSSR count). The lowest BCUT2D eigenvalue weighted by molar-refractivity contribution is -0.148. The van der Waals surface area contributed by atoms with Gasteiger partial charge in [-0.3, -0.25) is 9.59 Å². The number of aliphatic carboxylic acids is 1. The minimum atomic E-state index is -0.925. The minimum absolute atomic E-state index is 0.0300. The molecule has 2 aliphatic rings. The lowest BCUT2D eigenvalue weighted by Gasteiger charge is -2.26. The topological polar surface area (TPSA) is 92.7 Å². The van der Waals surface area contributed by atoms with Crippen LogP contribution in [0.2, 0.25) is 0 Å². The largest absolute Gasteiger partial charge is 0.481 e. The van der Waals surface area contributed by atoms with E-state index >= 15 is 0 Å². The van der Waals surface area contributed by atoms with Gasteiger partial charge in [-0.25, -0.2) is 4.79 Å². The van der Waals surface area contributed by atoms with Crippen LogP contribution in [0.3, 0.4) is 0 Å². The van der Waals surface area contributed by atoms with E-state index in [2.05, 4.69) is 5.32 Å². The van der Waals surface area contributed by atoms with Crippen LogP contribution in [0.1, 0.15) is 37.0 Å². The number of ether oxygens (including phenoxy) is 1. The van der Waals surface area contributed by atoms with Gasteiger partial charge < -0.3 is 15.2 Å². The van der Waals surface area contributed by atoms with E-state index in [1.54, 1.807) is 11.4 Å². The van der Waals surface area contributed by atoms with E-state index in [9.17, 15) is 19.5 Å². The second-order valence-corrected chi connectivity index (χ2v) is 7.70. The Hall–Kier alpha value is -2.15. The smallest absolute Gasteiger partial charge is 0.340 e. The molecule has 0 aliphatic heterocycles. The summed E-state index contributed by atoms with van der Waals surface area (Å²) in [5.74, 6) is -3.18. The normalized spacial score (nSPS) is 27.2. The molecule has 25 heavy (non-hydrogen) atoms. The van der Waals surface area contributed by atoms with Crippen molar-refractivity contribution < 1.29 is 24.2 Å². The number of carboxylic acids is 1. The van der Waals surface area contributed by atoms with Gasteiger partial charge in [-0.2, -0.15) is 0 Å². The van der Waals surface area contributed by atoms with Gasteiger partial charge in [-0.05, 0) is 50.0 Å². The van der Waals surface area contributed by atoms with Crippen LogP contribution in [0, 0.1) is 23.7 Å². The van der Waals surface area contributed by atoms with Gasteiger partial charge in [0.1, 0.15) is 5.00 Å². The highest BCUT2D eigenvalue weighted by Crippen LogP contribution is 2.57. The first-order valence-electron chi connectivity index (χ1n) is 8.23. The molecule has 2 aliphatic carbocycles. The Morgan fingerprint density at radius 1 is 1.20 bits per heavy atom. The van der Waals surface area contributed by atoms with E-state index in [1.165, 1.54) is 18.4 Å². The van der Waals surface area contributed by atoms with Crippen molar-refractivity contribution in [3.63, 3.8) is 0 Å². The van der Waals surface area contributed by atoms with Gasteiger partial charge in [0, 0.05) is 0 Å². The highest BCUT2D eigenvalue weighted by Gasteiger charge is 2.57. The summed E-state index contributed by atoms with van der Waals surface area (Å²) in [4.78, 5) is 36.5. The summed E-state index contributed by atoms with van der Waals surface area (Å²) in [7, 11) is 1.28. The van der Waals surface area contributed by atoms with Gasteiger partial charge in [0.15, 0.2) is 0 Å². The third-order valence-corrected chi connectivity index (χ3v) is 6.14. The highest BCUT2D eigenvalue weighted by molar-refractivity contribution is 7.14. The van der Waals surface area contributed by atoms with E-state index in [4.69, 9.17) is 4.74 Å². The Balaban J connectivity index is 1.89.